The molecule has 0 aromatic carbocycles. The summed E-state index contributed by atoms with van der Waals surface area (Å²) >= 11 is 0. The minimum absolute atomic E-state index is 0.0162. The number of hydrogen-bond donors (Lipinski definition) is 0. The van der Waals surface area contributed by atoms with Crippen molar-refractivity contribution in [1.29, 1.82) is 0 Å². The van der Waals surface area contributed by atoms with E-state index in [1.807, 2.05) is 13.8 Å². The Morgan fingerprint density at radius 3 is 2.16 bits per heavy atom. The smallest absolute Gasteiger partial charge is 0.392 e. The molecule has 0 heterocycles. The van der Waals surface area contributed by atoms with E-state index >= 15 is 0 Å². The van der Waals surface area contributed by atoms with Gasteiger partial charge in [-0.2, -0.15) is 0 Å². The quantitative estimate of drug-likeness (QED) is 0.585. The Balaban J connectivity index is 2.28. The van der Waals surface area contributed by atoms with Crippen LogP contribution in [0.5, 0.6) is 0 Å². The predicted octanol–water partition coefficient (Wildman–Crippen LogP) is 4.90. The van der Waals surface area contributed by atoms with Gasteiger partial charge in [0.05, 0.1) is 5.92 Å². The zero-order chi connectivity index (χ0) is 19.0. The molecule has 2 aliphatic rings. The molecule has 25 heavy (non-hydrogen) atoms. The number of rotatable bonds is 7. The van der Waals surface area contributed by atoms with E-state index in [-0.39, 0.29) is 22.0 Å². The topological polar surface area (TPSA) is 44.8 Å². The Bertz CT molecular complexity index is 482. The average molecular weight is 386 g/mol. The maximum Gasteiger partial charge on any atom is 0.392 e. The third kappa shape index (κ3) is 3.78. The molecule has 4 nitrogen and oxygen atoms in total. The average Bonchev–Trinajstić information content (AvgIpc) is 3.00. The fourth-order valence-electron chi connectivity index (χ4n) is 4.46. The van der Waals surface area contributed by atoms with Crippen LogP contribution in [0.1, 0.15) is 60.8 Å². The van der Waals surface area contributed by atoms with Gasteiger partial charge < -0.3 is 13.3 Å². The molecule has 145 valence electrons. The van der Waals surface area contributed by atoms with Gasteiger partial charge in [-0.25, -0.2) is 0 Å². The lowest BCUT2D eigenvalue weighted by Gasteiger charge is -2.43. The van der Waals surface area contributed by atoms with Gasteiger partial charge in [-0.3, -0.25) is 4.79 Å². The molecule has 2 aliphatic carbocycles. The standard InChI is InChI=1S/C19H37O4Si2/c1-9-21-24(22-10-2)19-13-15(11-14(19)3)12-16(19)17(20)23-25(7,8)18(4,5)6/h14-16H,9-13H2,1-8H3. The summed E-state index contributed by atoms with van der Waals surface area (Å²) in [5.74, 6) is 1.05. The van der Waals surface area contributed by atoms with E-state index in [0.29, 0.717) is 25.0 Å². The van der Waals surface area contributed by atoms with Crippen molar-refractivity contribution in [2.24, 2.45) is 17.8 Å². The van der Waals surface area contributed by atoms with Crippen LogP contribution >= 0.6 is 0 Å². The molecule has 0 aliphatic heterocycles. The summed E-state index contributed by atoms with van der Waals surface area (Å²) in [6, 6.07) is 0. The van der Waals surface area contributed by atoms with Crippen molar-refractivity contribution in [3.8, 4) is 0 Å². The van der Waals surface area contributed by atoms with E-state index in [1.54, 1.807) is 0 Å². The van der Waals surface area contributed by atoms with Gasteiger partial charge in [0.2, 0.25) is 0 Å². The lowest BCUT2D eigenvalue weighted by molar-refractivity contribution is -0.142. The fraction of sp³-hybridized carbons (Fsp3) is 0.947. The number of fused-ring (bicyclic) bond motifs is 2. The van der Waals surface area contributed by atoms with Crippen molar-refractivity contribution in [2.45, 2.75) is 84.0 Å². The first-order valence-electron chi connectivity index (χ1n) is 9.85. The van der Waals surface area contributed by atoms with E-state index < -0.39 is 17.6 Å². The van der Waals surface area contributed by atoms with E-state index in [4.69, 9.17) is 13.3 Å². The summed E-state index contributed by atoms with van der Waals surface area (Å²) in [6.45, 7) is 18.5. The van der Waals surface area contributed by atoms with Gasteiger partial charge in [0.15, 0.2) is 0 Å². The highest BCUT2D eigenvalue weighted by Gasteiger charge is 2.66. The van der Waals surface area contributed by atoms with Crippen molar-refractivity contribution in [3.63, 3.8) is 0 Å². The van der Waals surface area contributed by atoms with E-state index in [2.05, 4.69) is 40.8 Å². The summed E-state index contributed by atoms with van der Waals surface area (Å²) in [5.41, 5.74) is 0. The van der Waals surface area contributed by atoms with Crippen LogP contribution in [0.4, 0.5) is 0 Å². The summed E-state index contributed by atoms with van der Waals surface area (Å²) in [6.07, 6.45) is 3.21. The van der Waals surface area contributed by atoms with Gasteiger partial charge in [0.25, 0.3) is 14.3 Å². The van der Waals surface area contributed by atoms with Crippen molar-refractivity contribution in [3.05, 3.63) is 0 Å². The van der Waals surface area contributed by atoms with Crippen LogP contribution in [0, 0.1) is 17.8 Å². The van der Waals surface area contributed by atoms with Crippen molar-refractivity contribution >= 4 is 23.6 Å². The lowest BCUT2D eigenvalue weighted by Crippen LogP contribution is -2.50. The molecular weight excluding hydrogens is 348 g/mol. The predicted molar refractivity (Wildman–Crippen MR) is 105 cm³/mol. The fourth-order valence-corrected chi connectivity index (χ4v) is 8.06. The highest BCUT2D eigenvalue weighted by atomic mass is 28.4. The van der Waals surface area contributed by atoms with Gasteiger partial charge in [-0.1, -0.05) is 27.7 Å². The van der Waals surface area contributed by atoms with Crippen LogP contribution in [0.25, 0.3) is 0 Å². The molecule has 4 unspecified atom stereocenters. The van der Waals surface area contributed by atoms with Gasteiger partial charge in [0.1, 0.15) is 0 Å². The van der Waals surface area contributed by atoms with E-state index in [1.165, 1.54) is 6.42 Å². The van der Waals surface area contributed by atoms with Crippen LogP contribution in [-0.2, 0) is 18.1 Å². The minimum Gasteiger partial charge on any atom is -0.519 e. The number of hydrogen-bond acceptors (Lipinski definition) is 4. The highest BCUT2D eigenvalue weighted by Crippen LogP contribution is 2.68. The maximum atomic E-state index is 13.3. The Kier molecular flexibility index (Phi) is 6.29. The number of carbonyl (C=O) groups is 1. The molecule has 0 amide bonds. The first kappa shape index (κ1) is 21.1. The van der Waals surface area contributed by atoms with Gasteiger partial charge in [0, 0.05) is 18.3 Å². The molecule has 2 fully saturated rings. The number of carbonyl (C=O) groups excluding carboxylic acids is 1. The monoisotopic (exact) mass is 385 g/mol. The Hall–Kier alpha value is -0.176. The summed E-state index contributed by atoms with van der Waals surface area (Å²) in [7, 11) is -3.62. The van der Waals surface area contributed by atoms with Crippen LogP contribution < -0.4 is 0 Å². The lowest BCUT2D eigenvalue weighted by atomic mass is 9.80. The Labute approximate surface area is 157 Å². The van der Waals surface area contributed by atoms with Gasteiger partial charge in [-0.15, -0.1) is 0 Å². The molecule has 1 radical (unpaired) electrons. The Morgan fingerprint density at radius 2 is 1.72 bits per heavy atom. The summed E-state index contributed by atoms with van der Waals surface area (Å²) in [4.78, 5) is 13.3. The summed E-state index contributed by atoms with van der Waals surface area (Å²) in [5, 5.41) is -0.0898. The third-order valence-electron chi connectivity index (χ3n) is 6.76. The third-order valence-corrected chi connectivity index (χ3v) is 14.0. The molecule has 0 aromatic heterocycles. The normalized spacial score (nSPS) is 32.4. The van der Waals surface area contributed by atoms with Gasteiger partial charge >= 0.3 is 9.28 Å². The second-order valence-corrected chi connectivity index (χ2v) is 16.2. The zero-order valence-electron chi connectivity index (χ0n) is 17.4. The van der Waals surface area contributed by atoms with E-state index in [0.717, 1.165) is 12.8 Å². The molecule has 2 rings (SSSR count). The maximum absolute atomic E-state index is 13.3. The second kappa shape index (κ2) is 7.45. The molecule has 6 heteroatoms. The van der Waals surface area contributed by atoms with Crippen LogP contribution in [-0.4, -0.2) is 36.8 Å². The largest absolute Gasteiger partial charge is 0.519 e. The zero-order valence-corrected chi connectivity index (χ0v) is 19.4. The molecule has 2 bridgehead atoms. The molecule has 4 atom stereocenters. The Morgan fingerprint density at radius 1 is 1.16 bits per heavy atom. The first-order chi connectivity index (χ1) is 11.5. The highest BCUT2D eigenvalue weighted by molar-refractivity contribution is 6.75. The molecule has 0 saturated heterocycles. The molecule has 0 spiro atoms. The van der Waals surface area contributed by atoms with Crippen LogP contribution in [0.2, 0.25) is 23.2 Å². The first-order valence-corrected chi connectivity index (χ1v) is 14.1. The van der Waals surface area contributed by atoms with Crippen molar-refractivity contribution < 1.29 is 18.1 Å². The molecular formula is C19H37O4Si2. The summed E-state index contributed by atoms with van der Waals surface area (Å²) < 4.78 is 18.5. The van der Waals surface area contributed by atoms with Gasteiger partial charge in [-0.05, 0) is 63.1 Å². The molecule has 2 saturated carbocycles. The minimum atomic E-state index is -2.11. The van der Waals surface area contributed by atoms with E-state index in [9.17, 15) is 4.79 Å². The SMILES string of the molecule is CCO[Si](OCC)C12CC(CC1C)CC2C(=O)O[Si](C)(C)C(C)(C)C. The second-order valence-electron chi connectivity index (χ2n) is 9.37. The molecule has 0 aromatic rings. The molecule has 0 N–H and O–H groups in total. The van der Waals surface area contributed by atoms with Crippen LogP contribution in [0.3, 0.4) is 0 Å². The van der Waals surface area contributed by atoms with Crippen molar-refractivity contribution in [1.82, 2.24) is 0 Å². The van der Waals surface area contributed by atoms with Crippen molar-refractivity contribution in [2.75, 3.05) is 13.2 Å². The van der Waals surface area contributed by atoms with Crippen LogP contribution in [0.15, 0.2) is 0 Å².